The standard InChI is InChI=1S/C28H38N2O/c1-7-9-10-14-21(4)28-27(24-15-11-12-16-26(24)31-28)30(6)25-19-23(18-17-20(25)3)29-22(5)13-8-2/h7-9,12-13,16,19,21,29H,5,10-11,14-15,17-18H2,1-4,6H3/b9-7+,13-8-. The summed E-state index contributed by atoms with van der Waals surface area (Å²) in [5.74, 6) is 2.53. The smallest absolute Gasteiger partial charge is 0.132 e. The van der Waals surface area contributed by atoms with Crippen molar-refractivity contribution >= 4 is 11.8 Å². The summed E-state index contributed by atoms with van der Waals surface area (Å²) < 4.78 is 6.47. The van der Waals surface area contributed by atoms with E-state index in [1.165, 1.54) is 28.2 Å². The third-order valence-electron chi connectivity index (χ3n) is 6.22. The molecular weight excluding hydrogens is 380 g/mol. The Kier molecular flexibility index (Phi) is 7.84. The zero-order chi connectivity index (χ0) is 22.4. The molecule has 1 unspecified atom stereocenters. The summed E-state index contributed by atoms with van der Waals surface area (Å²) in [5, 5.41) is 3.48. The molecular formula is C28H38N2O. The number of nitrogens with one attached hydrogen (secondary N) is 1. The number of anilines is 1. The third kappa shape index (κ3) is 5.33. The summed E-state index contributed by atoms with van der Waals surface area (Å²) in [4.78, 5) is 2.37. The van der Waals surface area contributed by atoms with Crippen LogP contribution in [-0.4, -0.2) is 7.05 Å². The lowest BCUT2D eigenvalue weighted by molar-refractivity contribution is 0.455. The average Bonchev–Trinajstić information content (AvgIpc) is 3.14. The van der Waals surface area contributed by atoms with E-state index in [0.29, 0.717) is 5.92 Å². The molecule has 1 aromatic heterocycles. The van der Waals surface area contributed by atoms with Crippen molar-refractivity contribution in [2.45, 2.75) is 72.1 Å². The molecule has 1 N–H and O–H groups in total. The number of hydrogen-bond donors (Lipinski definition) is 1. The summed E-state index contributed by atoms with van der Waals surface area (Å²) in [5.41, 5.74) is 7.45. The lowest BCUT2D eigenvalue weighted by Gasteiger charge is -2.29. The fraction of sp³-hybridized carbons (Fsp3) is 0.429. The van der Waals surface area contributed by atoms with E-state index in [1.807, 2.05) is 19.1 Å². The van der Waals surface area contributed by atoms with Crippen LogP contribution in [0.15, 0.2) is 70.1 Å². The Morgan fingerprint density at radius 1 is 1.26 bits per heavy atom. The molecule has 2 aliphatic carbocycles. The average molecular weight is 419 g/mol. The van der Waals surface area contributed by atoms with E-state index in [0.717, 1.165) is 55.7 Å². The van der Waals surface area contributed by atoms with E-state index in [4.69, 9.17) is 4.42 Å². The second-order valence-corrected chi connectivity index (χ2v) is 8.69. The van der Waals surface area contributed by atoms with Crippen LogP contribution in [0.4, 0.5) is 5.69 Å². The van der Waals surface area contributed by atoms with E-state index in [2.05, 4.69) is 75.0 Å². The molecule has 3 heteroatoms. The minimum Gasteiger partial charge on any atom is -0.459 e. The van der Waals surface area contributed by atoms with Gasteiger partial charge in [0, 0.05) is 35.6 Å². The highest BCUT2D eigenvalue weighted by Gasteiger charge is 2.28. The lowest BCUT2D eigenvalue weighted by Crippen LogP contribution is -2.23. The first-order chi connectivity index (χ1) is 15.0. The summed E-state index contributed by atoms with van der Waals surface area (Å²) in [6.45, 7) is 12.8. The van der Waals surface area contributed by atoms with Gasteiger partial charge in [0.05, 0.1) is 5.69 Å². The van der Waals surface area contributed by atoms with Crippen LogP contribution in [0.2, 0.25) is 0 Å². The summed E-state index contributed by atoms with van der Waals surface area (Å²) in [6.07, 6.45) is 21.4. The Morgan fingerprint density at radius 3 is 2.81 bits per heavy atom. The highest BCUT2D eigenvalue weighted by molar-refractivity contribution is 5.70. The molecule has 0 amide bonds. The van der Waals surface area contributed by atoms with Gasteiger partial charge in [-0.2, -0.15) is 0 Å². The number of furan rings is 1. The minimum atomic E-state index is 0.369. The lowest BCUT2D eigenvalue weighted by atomic mass is 9.95. The van der Waals surface area contributed by atoms with Crippen LogP contribution in [0.3, 0.4) is 0 Å². The summed E-state index contributed by atoms with van der Waals surface area (Å²) in [7, 11) is 2.20. The molecule has 0 bridgehead atoms. The fourth-order valence-electron chi connectivity index (χ4n) is 4.50. The fourth-order valence-corrected chi connectivity index (χ4v) is 4.50. The maximum Gasteiger partial charge on any atom is 0.132 e. The highest BCUT2D eigenvalue weighted by Crippen LogP contribution is 2.42. The summed E-state index contributed by atoms with van der Waals surface area (Å²) in [6, 6.07) is 0. The van der Waals surface area contributed by atoms with E-state index >= 15 is 0 Å². The summed E-state index contributed by atoms with van der Waals surface area (Å²) >= 11 is 0. The zero-order valence-corrected chi connectivity index (χ0v) is 19.9. The van der Waals surface area contributed by atoms with Gasteiger partial charge in [-0.15, -0.1) is 0 Å². The molecule has 1 heterocycles. The number of fused-ring (bicyclic) bond motifs is 1. The van der Waals surface area contributed by atoms with Gasteiger partial charge in [-0.3, -0.25) is 0 Å². The van der Waals surface area contributed by atoms with Crippen molar-refractivity contribution in [3.8, 4) is 0 Å². The molecule has 0 aliphatic heterocycles. The second-order valence-electron chi connectivity index (χ2n) is 8.69. The number of nitrogens with zero attached hydrogens (tertiary/aromatic N) is 1. The molecule has 0 spiro atoms. The van der Waals surface area contributed by atoms with Crippen molar-refractivity contribution in [2.75, 3.05) is 11.9 Å². The van der Waals surface area contributed by atoms with Gasteiger partial charge in [0.15, 0.2) is 0 Å². The topological polar surface area (TPSA) is 28.4 Å². The van der Waals surface area contributed by atoms with Gasteiger partial charge in [-0.1, -0.05) is 37.8 Å². The van der Waals surface area contributed by atoms with Crippen LogP contribution >= 0.6 is 0 Å². The van der Waals surface area contributed by atoms with Crippen LogP contribution in [0.1, 0.15) is 82.8 Å². The Hall–Kier alpha value is -2.68. The maximum absolute atomic E-state index is 6.47. The molecule has 0 aromatic carbocycles. The first-order valence-corrected chi connectivity index (χ1v) is 11.6. The molecule has 2 aliphatic rings. The van der Waals surface area contributed by atoms with Gasteiger partial charge in [-0.05, 0) is 83.1 Å². The number of allylic oxidation sites excluding steroid dienone is 8. The van der Waals surface area contributed by atoms with Crippen molar-refractivity contribution in [2.24, 2.45) is 0 Å². The largest absolute Gasteiger partial charge is 0.459 e. The van der Waals surface area contributed by atoms with Crippen molar-refractivity contribution in [1.29, 1.82) is 0 Å². The molecule has 3 rings (SSSR count). The van der Waals surface area contributed by atoms with Gasteiger partial charge in [0.25, 0.3) is 0 Å². The SMILES string of the molecule is C=C(/C=C\C)NC1=CC(N(C)c2c(C(C)CC/C=C/C)oc3c2CCC=C3)=C(C)CC1. The first kappa shape index (κ1) is 23.0. The molecule has 1 aromatic rings. The predicted octanol–water partition coefficient (Wildman–Crippen LogP) is 7.77. The quantitative estimate of drug-likeness (QED) is 0.328. The van der Waals surface area contributed by atoms with E-state index in [1.54, 1.807) is 0 Å². The molecule has 0 saturated carbocycles. The van der Waals surface area contributed by atoms with Crippen molar-refractivity contribution < 1.29 is 4.42 Å². The molecule has 3 nitrogen and oxygen atoms in total. The third-order valence-corrected chi connectivity index (χ3v) is 6.22. The van der Waals surface area contributed by atoms with Crippen molar-refractivity contribution in [3.63, 3.8) is 0 Å². The predicted molar refractivity (Wildman–Crippen MR) is 134 cm³/mol. The van der Waals surface area contributed by atoms with Gasteiger partial charge in [0.2, 0.25) is 0 Å². The van der Waals surface area contributed by atoms with Crippen LogP contribution in [0.25, 0.3) is 6.08 Å². The normalized spacial score (nSPS) is 17.3. The number of rotatable bonds is 9. The second kappa shape index (κ2) is 10.6. The zero-order valence-electron chi connectivity index (χ0n) is 19.9. The molecule has 0 fully saturated rings. The number of likely N-dealkylation sites (N-methyl/N-ethyl adjacent to an activating group) is 1. The van der Waals surface area contributed by atoms with E-state index in [9.17, 15) is 0 Å². The Labute approximate surface area is 188 Å². The van der Waals surface area contributed by atoms with Gasteiger partial charge in [-0.25, -0.2) is 0 Å². The van der Waals surface area contributed by atoms with Crippen LogP contribution in [0.5, 0.6) is 0 Å². The van der Waals surface area contributed by atoms with Crippen molar-refractivity contribution in [3.05, 3.63) is 82.8 Å². The Balaban J connectivity index is 1.96. The molecule has 0 saturated heterocycles. The van der Waals surface area contributed by atoms with Gasteiger partial charge in [0.1, 0.15) is 11.5 Å². The minimum absolute atomic E-state index is 0.369. The Morgan fingerprint density at radius 2 is 2.06 bits per heavy atom. The van der Waals surface area contributed by atoms with Crippen LogP contribution in [0, 0.1) is 0 Å². The maximum atomic E-state index is 6.47. The number of hydrogen-bond acceptors (Lipinski definition) is 3. The monoisotopic (exact) mass is 418 g/mol. The molecule has 166 valence electrons. The highest BCUT2D eigenvalue weighted by atomic mass is 16.3. The molecule has 0 radical (unpaired) electrons. The molecule has 1 atom stereocenters. The van der Waals surface area contributed by atoms with E-state index in [-0.39, 0.29) is 0 Å². The first-order valence-electron chi connectivity index (χ1n) is 11.6. The van der Waals surface area contributed by atoms with Crippen LogP contribution in [-0.2, 0) is 6.42 Å². The van der Waals surface area contributed by atoms with Crippen molar-refractivity contribution in [1.82, 2.24) is 5.32 Å². The van der Waals surface area contributed by atoms with Crippen LogP contribution < -0.4 is 10.2 Å². The Bertz CT molecular complexity index is 952. The van der Waals surface area contributed by atoms with Gasteiger partial charge < -0.3 is 14.6 Å². The van der Waals surface area contributed by atoms with E-state index < -0.39 is 0 Å². The molecule has 31 heavy (non-hydrogen) atoms. The van der Waals surface area contributed by atoms with Gasteiger partial charge >= 0.3 is 0 Å².